The monoisotopic (exact) mass is 306 g/mol. The molecule has 0 aliphatic heterocycles. The molecule has 2 heterocycles. The Morgan fingerprint density at radius 2 is 1.83 bits per heavy atom. The molecule has 0 bridgehead atoms. The lowest BCUT2D eigenvalue weighted by Gasteiger charge is -2.09. The average Bonchev–Trinajstić information content (AvgIpc) is 2.61. The van der Waals surface area contributed by atoms with Crippen molar-refractivity contribution in [2.45, 2.75) is 20.0 Å². The number of hydrogen-bond acceptors (Lipinski definition) is 6. The normalized spacial score (nSPS) is 10.3. The highest BCUT2D eigenvalue weighted by Crippen LogP contribution is 2.10. The minimum Gasteiger partial charge on any atom is -0.363 e. The number of benzene rings is 1. The minimum absolute atomic E-state index is 0.499. The topological polar surface area (TPSA) is 75.6 Å². The molecule has 1 aromatic carbocycles. The van der Waals surface area contributed by atoms with Gasteiger partial charge in [0, 0.05) is 12.7 Å². The molecule has 0 aliphatic rings. The highest BCUT2D eigenvalue weighted by molar-refractivity contribution is 5.38. The molecule has 116 valence electrons. The summed E-state index contributed by atoms with van der Waals surface area (Å²) in [7, 11) is 0. The summed E-state index contributed by atoms with van der Waals surface area (Å²) in [6.45, 7) is 3.34. The molecule has 0 unspecified atom stereocenters. The Balaban J connectivity index is 1.60. The van der Waals surface area contributed by atoms with Crippen molar-refractivity contribution in [3.05, 3.63) is 71.7 Å². The van der Waals surface area contributed by atoms with E-state index in [0.717, 1.165) is 5.69 Å². The third kappa shape index (κ3) is 4.23. The zero-order chi connectivity index (χ0) is 15.9. The fourth-order valence-corrected chi connectivity index (χ4v) is 2.13. The van der Waals surface area contributed by atoms with E-state index in [-0.39, 0.29) is 0 Å². The van der Waals surface area contributed by atoms with E-state index in [1.165, 1.54) is 11.1 Å². The van der Waals surface area contributed by atoms with Crippen LogP contribution < -0.4 is 10.6 Å². The number of anilines is 2. The number of nitrogens with zero attached hydrogens (tertiary/aromatic N) is 4. The lowest BCUT2D eigenvalue weighted by atomic mass is 10.1. The van der Waals surface area contributed by atoms with Gasteiger partial charge in [-0.1, -0.05) is 30.3 Å². The number of rotatable bonds is 6. The summed E-state index contributed by atoms with van der Waals surface area (Å²) in [4.78, 5) is 8.67. The minimum atomic E-state index is 0.499. The summed E-state index contributed by atoms with van der Waals surface area (Å²) in [6.07, 6.45) is 3.37. The van der Waals surface area contributed by atoms with E-state index in [1.54, 1.807) is 12.4 Å². The van der Waals surface area contributed by atoms with Crippen LogP contribution in [0.25, 0.3) is 0 Å². The molecule has 0 saturated carbocycles. The number of hydrogen-bond donors (Lipinski definition) is 2. The van der Waals surface area contributed by atoms with Gasteiger partial charge in [0.15, 0.2) is 5.82 Å². The molecule has 0 amide bonds. The zero-order valence-corrected chi connectivity index (χ0v) is 12.9. The molecule has 0 atom stereocenters. The van der Waals surface area contributed by atoms with Gasteiger partial charge in [-0.25, -0.2) is 0 Å². The Labute approximate surface area is 135 Å². The summed E-state index contributed by atoms with van der Waals surface area (Å²) in [5, 5.41) is 14.4. The zero-order valence-electron chi connectivity index (χ0n) is 12.9. The number of pyridine rings is 1. The highest BCUT2D eigenvalue weighted by Gasteiger charge is 2.02. The van der Waals surface area contributed by atoms with Crippen molar-refractivity contribution >= 4 is 11.8 Å². The van der Waals surface area contributed by atoms with Crippen LogP contribution >= 0.6 is 0 Å². The fraction of sp³-hybridized carbons (Fsp3) is 0.176. The van der Waals surface area contributed by atoms with Gasteiger partial charge in [-0.05, 0) is 30.2 Å². The summed E-state index contributed by atoms with van der Waals surface area (Å²) in [5.41, 5.74) is 3.39. The van der Waals surface area contributed by atoms with Gasteiger partial charge in [0.1, 0.15) is 0 Å². The predicted octanol–water partition coefficient (Wildman–Crippen LogP) is 2.80. The quantitative estimate of drug-likeness (QED) is 0.729. The molecule has 23 heavy (non-hydrogen) atoms. The van der Waals surface area contributed by atoms with Crippen molar-refractivity contribution in [2.24, 2.45) is 0 Å². The number of aromatic nitrogens is 4. The number of nitrogens with one attached hydrogen (secondary N) is 2. The Hall–Kier alpha value is -3.02. The lowest BCUT2D eigenvalue weighted by molar-refractivity contribution is 0.929. The van der Waals surface area contributed by atoms with Crippen LogP contribution in [0, 0.1) is 6.92 Å². The van der Waals surface area contributed by atoms with E-state index in [4.69, 9.17) is 0 Å². The largest absolute Gasteiger partial charge is 0.363 e. The van der Waals surface area contributed by atoms with E-state index in [1.807, 2.05) is 30.3 Å². The molecule has 3 aromatic rings. The molecule has 2 aromatic heterocycles. The first-order valence-electron chi connectivity index (χ1n) is 7.43. The van der Waals surface area contributed by atoms with E-state index >= 15 is 0 Å². The number of aryl methyl sites for hydroxylation is 1. The van der Waals surface area contributed by atoms with Gasteiger partial charge < -0.3 is 10.6 Å². The van der Waals surface area contributed by atoms with E-state index in [9.17, 15) is 0 Å². The van der Waals surface area contributed by atoms with Crippen LogP contribution in [-0.2, 0) is 13.1 Å². The molecule has 0 spiro atoms. The lowest BCUT2D eigenvalue weighted by Crippen LogP contribution is -2.09. The van der Waals surface area contributed by atoms with Gasteiger partial charge in [-0.3, -0.25) is 4.98 Å². The Morgan fingerprint density at radius 3 is 2.65 bits per heavy atom. The van der Waals surface area contributed by atoms with Crippen LogP contribution in [0.2, 0.25) is 0 Å². The second-order valence-corrected chi connectivity index (χ2v) is 5.12. The molecule has 6 nitrogen and oxygen atoms in total. The second-order valence-electron chi connectivity index (χ2n) is 5.12. The predicted molar refractivity (Wildman–Crippen MR) is 89.9 cm³/mol. The standard InChI is InChI=1S/C17H18N6/c1-13-6-2-3-7-14(13)10-20-17-22-16(12-21-23-17)19-11-15-8-4-5-9-18-15/h2-9,12H,10-11H2,1H3,(H2,19,20,22,23). The van der Waals surface area contributed by atoms with Gasteiger partial charge >= 0.3 is 0 Å². The SMILES string of the molecule is Cc1ccccc1CNc1nncc(NCc2ccccn2)n1. The van der Waals surface area contributed by atoms with Crippen molar-refractivity contribution in [3.8, 4) is 0 Å². The first-order chi connectivity index (χ1) is 11.3. The van der Waals surface area contributed by atoms with Gasteiger partial charge in [-0.15, -0.1) is 5.10 Å². The van der Waals surface area contributed by atoms with Crippen LogP contribution in [0.1, 0.15) is 16.8 Å². The average molecular weight is 306 g/mol. The van der Waals surface area contributed by atoms with Gasteiger partial charge in [-0.2, -0.15) is 10.1 Å². The van der Waals surface area contributed by atoms with Crippen LogP contribution in [0.3, 0.4) is 0 Å². The smallest absolute Gasteiger partial charge is 0.244 e. The Morgan fingerprint density at radius 1 is 0.957 bits per heavy atom. The van der Waals surface area contributed by atoms with Crippen molar-refractivity contribution in [1.82, 2.24) is 20.2 Å². The van der Waals surface area contributed by atoms with Crippen LogP contribution in [0.5, 0.6) is 0 Å². The first-order valence-corrected chi connectivity index (χ1v) is 7.43. The van der Waals surface area contributed by atoms with Crippen LogP contribution in [0.4, 0.5) is 11.8 Å². The molecule has 0 radical (unpaired) electrons. The molecule has 0 saturated heterocycles. The highest BCUT2D eigenvalue weighted by atomic mass is 15.3. The maximum Gasteiger partial charge on any atom is 0.244 e. The molecule has 2 N–H and O–H groups in total. The van der Waals surface area contributed by atoms with E-state index in [0.29, 0.717) is 24.9 Å². The molecule has 0 fully saturated rings. The Bertz CT molecular complexity index is 760. The van der Waals surface area contributed by atoms with Gasteiger partial charge in [0.05, 0.1) is 18.4 Å². The van der Waals surface area contributed by atoms with Crippen molar-refractivity contribution in [2.75, 3.05) is 10.6 Å². The maximum absolute atomic E-state index is 4.41. The molecular formula is C17H18N6. The van der Waals surface area contributed by atoms with Crippen LogP contribution in [0.15, 0.2) is 54.9 Å². The second kappa shape index (κ2) is 7.31. The maximum atomic E-state index is 4.41. The fourth-order valence-electron chi connectivity index (χ4n) is 2.13. The molecule has 0 aliphatic carbocycles. The summed E-state index contributed by atoms with van der Waals surface area (Å²) >= 11 is 0. The summed E-state index contributed by atoms with van der Waals surface area (Å²) < 4.78 is 0. The molecule has 6 heteroatoms. The van der Waals surface area contributed by atoms with Gasteiger partial charge in [0.25, 0.3) is 0 Å². The van der Waals surface area contributed by atoms with E-state index in [2.05, 4.69) is 49.9 Å². The third-order valence-electron chi connectivity index (χ3n) is 3.43. The van der Waals surface area contributed by atoms with Gasteiger partial charge in [0.2, 0.25) is 5.95 Å². The summed E-state index contributed by atoms with van der Waals surface area (Å²) in [6, 6.07) is 14.0. The van der Waals surface area contributed by atoms with Crippen LogP contribution in [-0.4, -0.2) is 20.2 Å². The summed E-state index contributed by atoms with van der Waals surface area (Å²) in [5.74, 6) is 1.16. The molecule has 3 rings (SSSR count). The van der Waals surface area contributed by atoms with Crippen molar-refractivity contribution in [1.29, 1.82) is 0 Å². The van der Waals surface area contributed by atoms with Crippen molar-refractivity contribution < 1.29 is 0 Å². The van der Waals surface area contributed by atoms with E-state index < -0.39 is 0 Å². The van der Waals surface area contributed by atoms with Crippen molar-refractivity contribution in [3.63, 3.8) is 0 Å². The first kappa shape index (κ1) is 14.9. The third-order valence-corrected chi connectivity index (χ3v) is 3.43. The molecular weight excluding hydrogens is 288 g/mol. The Kier molecular flexibility index (Phi) is 4.73.